The lowest BCUT2D eigenvalue weighted by Crippen LogP contribution is -2.44. The van der Waals surface area contributed by atoms with Gasteiger partial charge in [-0.1, -0.05) is 6.08 Å². The summed E-state index contributed by atoms with van der Waals surface area (Å²) >= 11 is 0. The fourth-order valence-corrected chi connectivity index (χ4v) is 4.45. The van der Waals surface area contributed by atoms with Crippen LogP contribution >= 0.6 is 0 Å². The van der Waals surface area contributed by atoms with Crippen molar-refractivity contribution in [2.24, 2.45) is 0 Å². The molecule has 3 aliphatic heterocycles. The van der Waals surface area contributed by atoms with Gasteiger partial charge in [-0.2, -0.15) is 0 Å². The maximum atomic E-state index is 14.3. The third kappa shape index (κ3) is 2.77. The van der Waals surface area contributed by atoms with Gasteiger partial charge in [0.25, 0.3) is 0 Å². The first-order valence-electron chi connectivity index (χ1n) is 9.47. The first-order valence-corrected chi connectivity index (χ1v) is 9.47. The molecule has 0 unspecified atom stereocenters. The van der Waals surface area contributed by atoms with E-state index in [1.165, 1.54) is 41.8 Å². The molecule has 0 radical (unpaired) electrons. The van der Waals surface area contributed by atoms with Gasteiger partial charge in [0.15, 0.2) is 0 Å². The molecule has 3 heterocycles. The summed E-state index contributed by atoms with van der Waals surface area (Å²) in [6.07, 6.45) is 7.67. The Morgan fingerprint density at radius 3 is 2.70 bits per heavy atom. The quantitative estimate of drug-likeness (QED) is 0.862. The maximum absolute atomic E-state index is 14.3. The van der Waals surface area contributed by atoms with E-state index in [1.807, 2.05) is 11.9 Å². The van der Waals surface area contributed by atoms with Crippen LogP contribution in [0.4, 0.5) is 14.5 Å². The molecule has 0 saturated carbocycles. The molecule has 1 N–H and O–H groups in total. The van der Waals surface area contributed by atoms with Crippen LogP contribution in [0.15, 0.2) is 53.0 Å². The Morgan fingerprint density at radius 2 is 1.93 bits per heavy atom. The Labute approximate surface area is 157 Å². The predicted octanol–water partition coefficient (Wildman–Crippen LogP) is 2.93. The highest BCUT2D eigenvalue weighted by atomic mass is 19.1. The highest BCUT2D eigenvalue weighted by Gasteiger charge is 2.34. The third-order valence-electron chi connectivity index (χ3n) is 5.70. The average molecular weight is 371 g/mol. The molecular formula is C20H23F2N5. The van der Waals surface area contributed by atoms with Crippen LogP contribution in [0.1, 0.15) is 19.3 Å². The largest absolute Gasteiger partial charge is 0.356 e. The van der Waals surface area contributed by atoms with E-state index in [0.717, 1.165) is 31.3 Å². The number of halogens is 2. The van der Waals surface area contributed by atoms with Gasteiger partial charge in [0.2, 0.25) is 0 Å². The van der Waals surface area contributed by atoms with Gasteiger partial charge in [-0.15, -0.1) is 0 Å². The van der Waals surface area contributed by atoms with E-state index < -0.39 is 11.6 Å². The van der Waals surface area contributed by atoms with Crippen molar-refractivity contribution in [2.45, 2.75) is 19.3 Å². The summed E-state index contributed by atoms with van der Waals surface area (Å²) in [4.78, 5) is 4.13. The molecular weight excluding hydrogens is 348 g/mol. The summed E-state index contributed by atoms with van der Waals surface area (Å²) in [5, 5.41) is 4.44. The van der Waals surface area contributed by atoms with Crippen LogP contribution < -0.4 is 10.3 Å². The second-order valence-corrected chi connectivity index (χ2v) is 7.57. The van der Waals surface area contributed by atoms with Crippen molar-refractivity contribution in [3.8, 4) is 0 Å². The van der Waals surface area contributed by atoms with Gasteiger partial charge in [0.05, 0.1) is 30.0 Å². The Bertz CT molecular complexity index is 869. The SMILES string of the molecule is CN1CN(c2ccc(F)cc2F)CC2=C1C1=CN(N3CCCC3)NC1=CC2. The summed E-state index contributed by atoms with van der Waals surface area (Å²) in [6.45, 7) is 3.36. The fraction of sp³-hybridized carbons (Fsp3) is 0.400. The third-order valence-corrected chi connectivity index (χ3v) is 5.70. The summed E-state index contributed by atoms with van der Waals surface area (Å²) in [7, 11) is 2.03. The van der Waals surface area contributed by atoms with Crippen LogP contribution in [-0.2, 0) is 0 Å². The summed E-state index contributed by atoms with van der Waals surface area (Å²) in [5.74, 6) is -1.06. The number of likely N-dealkylation sites (N-methyl/N-ethyl adjacent to an activating group) is 1. The second kappa shape index (κ2) is 6.27. The average Bonchev–Trinajstić information content (AvgIpc) is 3.30. The van der Waals surface area contributed by atoms with Gasteiger partial charge in [-0.05, 0) is 37.0 Å². The highest BCUT2D eigenvalue weighted by molar-refractivity contribution is 5.58. The van der Waals surface area contributed by atoms with Crippen LogP contribution in [0, 0.1) is 11.6 Å². The van der Waals surface area contributed by atoms with Gasteiger partial charge in [-0.25, -0.2) is 18.9 Å². The molecule has 0 aromatic heterocycles. The second-order valence-electron chi connectivity index (χ2n) is 7.57. The van der Waals surface area contributed by atoms with E-state index in [4.69, 9.17) is 0 Å². The molecule has 0 spiro atoms. The van der Waals surface area contributed by atoms with Crippen LogP contribution in [0.25, 0.3) is 0 Å². The van der Waals surface area contributed by atoms with Crippen molar-refractivity contribution < 1.29 is 8.78 Å². The van der Waals surface area contributed by atoms with E-state index >= 15 is 0 Å². The highest BCUT2D eigenvalue weighted by Crippen LogP contribution is 2.38. The molecule has 1 aromatic carbocycles. The number of anilines is 1. The smallest absolute Gasteiger partial charge is 0.149 e. The van der Waals surface area contributed by atoms with E-state index in [1.54, 1.807) is 0 Å². The summed E-state index contributed by atoms with van der Waals surface area (Å²) in [5.41, 5.74) is 8.77. The minimum Gasteiger partial charge on any atom is -0.356 e. The van der Waals surface area contributed by atoms with E-state index in [2.05, 4.69) is 32.7 Å². The number of nitrogens with one attached hydrogen (secondary N) is 1. The zero-order chi connectivity index (χ0) is 18.5. The molecule has 5 rings (SSSR count). The number of fused-ring (bicyclic) bond motifs is 2. The van der Waals surface area contributed by atoms with Gasteiger partial charge >= 0.3 is 0 Å². The summed E-state index contributed by atoms with van der Waals surface area (Å²) < 4.78 is 27.5. The first kappa shape index (κ1) is 16.6. The minimum atomic E-state index is -0.545. The summed E-state index contributed by atoms with van der Waals surface area (Å²) in [6, 6.07) is 3.80. The topological polar surface area (TPSA) is 25.0 Å². The lowest BCUT2D eigenvalue weighted by molar-refractivity contribution is 0.0187. The number of hydrazine groups is 2. The molecule has 7 heteroatoms. The maximum Gasteiger partial charge on any atom is 0.149 e. The Morgan fingerprint density at radius 1 is 1.11 bits per heavy atom. The predicted molar refractivity (Wildman–Crippen MR) is 99.9 cm³/mol. The van der Waals surface area contributed by atoms with Crippen molar-refractivity contribution in [1.29, 1.82) is 0 Å². The molecule has 1 fully saturated rings. The normalized spacial score (nSPS) is 22.6. The van der Waals surface area contributed by atoms with Crippen molar-refractivity contribution >= 4 is 5.69 Å². The van der Waals surface area contributed by atoms with Gasteiger partial charge in [0, 0.05) is 38.3 Å². The number of nitrogens with zero attached hydrogens (tertiary/aromatic N) is 4. The zero-order valence-electron chi connectivity index (χ0n) is 15.4. The number of rotatable bonds is 2. The number of allylic oxidation sites excluding steroid dienone is 1. The van der Waals surface area contributed by atoms with Crippen molar-refractivity contribution in [3.63, 3.8) is 0 Å². The first-order chi connectivity index (χ1) is 13.1. The van der Waals surface area contributed by atoms with Crippen LogP contribution in [0.2, 0.25) is 0 Å². The van der Waals surface area contributed by atoms with Crippen LogP contribution in [-0.4, -0.2) is 48.4 Å². The van der Waals surface area contributed by atoms with Crippen molar-refractivity contribution in [2.75, 3.05) is 38.3 Å². The monoisotopic (exact) mass is 371 g/mol. The lowest BCUT2D eigenvalue weighted by atomic mass is 9.93. The number of benzene rings is 1. The Hall–Kier alpha value is -2.54. The molecule has 0 amide bonds. The molecule has 1 aliphatic carbocycles. The van der Waals surface area contributed by atoms with Gasteiger partial charge in [-0.3, -0.25) is 5.43 Å². The Balaban J connectivity index is 1.44. The number of hydrogen-bond acceptors (Lipinski definition) is 5. The molecule has 0 atom stereocenters. The Kier molecular flexibility index (Phi) is 3.86. The zero-order valence-corrected chi connectivity index (χ0v) is 15.4. The van der Waals surface area contributed by atoms with Crippen molar-refractivity contribution in [3.05, 3.63) is 64.6 Å². The minimum absolute atomic E-state index is 0.446. The molecule has 5 nitrogen and oxygen atoms in total. The fourth-order valence-electron chi connectivity index (χ4n) is 4.45. The molecule has 142 valence electrons. The van der Waals surface area contributed by atoms with Crippen LogP contribution in [0.3, 0.4) is 0 Å². The molecule has 4 aliphatic rings. The van der Waals surface area contributed by atoms with E-state index in [-0.39, 0.29) is 0 Å². The van der Waals surface area contributed by atoms with Crippen molar-refractivity contribution in [1.82, 2.24) is 20.5 Å². The van der Waals surface area contributed by atoms with E-state index in [0.29, 0.717) is 18.9 Å². The molecule has 1 saturated heterocycles. The van der Waals surface area contributed by atoms with E-state index in [9.17, 15) is 8.78 Å². The molecule has 0 bridgehead atoms. The molecule has 27 heavy (non-hydrogen) atoms. The molecule has 1 aromatic rings. The van der Waals surface area contributed by atoms with Crippen LogP contribution in [0.5, 0.6) is 0 Å². The van der Waals surface area contributed by atoms with Gasteiger partial charge < -0.3 is 9.80 Å². The standard InChI is InChI=1S/C20H23F2N5/c1-24-13-25(19-7-5-15(21)10-17(19)22)11-14-4-6-18-16(20(14)24)12-27(23-18)26-8-2-3-9-26/h5-7,10,12,23H,2-4,8-9,11,13H2,1H3. The number of hydrogen-bond donors (Lipinski definition) is 1. The van der Waals surface area contributed by atoms with Gasteiger partial charge in [0.1, 0.15) is 11.6 Å². The lowest BCUT2D eigenvalue weighted by Gasteiger charge is -2.41.